The highest BCUT2D eigenvalue weighted by Gasteiger charge is 2.30. The molecule has 1 heterocycles. The normalized spacial score (nSPS) is 14.5. The first-order valence-electron chi connectivity index (χ1n) is 5.46. The van der Waals surface area contributed by atoms with Gasteiger partial charge in [0, 0.05) is 25.6 Å². The summed E-state index contributed by atoms with van der Waals surface area (Å²) in [7, 11) is 0. The number of carbonyl (C=O) groups excluding carboxylic acids is 1. The number of ketones is 1. The van der Waals surface area contributed by atoms with Crippen molar-refractivity contribution in [1.82, 2.24) is 0 Å². The molecule has 2 rings (SSSR count). The van der Waals surface area contributed by atoms with Crippen molar-refractivity contribution >= 4 is 11.7 Å². The lowest BCUT2D eigenvalue weighted by molar-refractivity contribution is 0.0987. The van der Waals surface area contributed by atoms with Crippen LogP contribution < -0.4 is 4.90 Å². The molecule has 16 heavy (non-hydrogen) atoms. The van der Waals surface area contributed by atoms with Crippen LogP contribution in [0.4, 0.5) is 5.88 Å². The summed E-state index contributed by atoms with van der Waals surface area (Å²) >= 11 is 0. The fraction of sp³-hybridized carbons (Fsp3) is 0.500. The average molecular weight is 218 g/mol. The number of anilines is 1. The van der Waals surface area contributed by atoms with E-state index in [1.807, 2.05) is 6.07 Å². The van der Waals surface area contributed by atoms with Gasteiger partial charge in [-0.15, -0.1) is 0 Å². The van der Waals surface area contributed by atoms with Crippen LogP contribution in [0, 0.1) is 11.3 Å². The molecule has 1 aliphatic carbocycles. The minimum absolute atomic E-state index is 0.0673. The molecule has 0 N–H and O–H groups in total. The monoisotopic (exact) mass is 218 g/mol. The number of Topliss-reactive ketones (excluding diaryl/α,β-unsaturated/α-hetero) is 1. The molecule has 4 nitrogen and oxygen atoms in total. The number of rotatable bonds is 5. The summed E-state index contributed by atoms with van der Waals surface area (Å²) in [6.45, 7) is 2.16. The van der Waals surface area contributed by atoms with Gasteiger partial charge in [0.05, 0.1) is 12.5 Å². The molecule has 1 fully saturated rings. The molecule has 0 amide bonds. The predicted molar refractivity (Wildman–Crippen MR) is 59.3 cm³/mol. The van der Waals surface area contributed by atoms with Gasteiger partial charge in [-0.1, -0.05) is 0 Å². The molecule has 1 aromatic heterocycles. The van der Waals surface area contributed by atoms with Gasteiger partial charge < -0.3 is 9.32 Å². The van der Waals surface area contributed by atoms with E-state index in [1.165, 1.54) is 6.92 Å². The van der Waals surface area contributed by atoms with E-state index in [1.54, 1.807) is 6.07 Å². The maximum absolute atomic E-state index is 11.1. The first-order chi connectivity index (χ1) is 7.72. The molecule has 0 spiro atoms. The maximum atomic E-state index is 11.1. The van der Waals surface area contributed by atoms with Crippen molar-refractivity contribution in [2.24, 2.45) is 0 Å². The fourth-order valence-electron chi connectivity index (χ4n) is 1.70. The number of hydrogen-bond acceptors (Lipinski definition) is 4. The molecular formula is C12H14N2O2. The van der Waals surface area contributed by atoms with E-state index in [4.69, 9.17) is 9.68 Å². The maximum Gasteiger partial charge on any atom is 0.196 e. The Morgan fingerprint density at radius 3 is 2.88 bits per heavy atom. The summed E-state index contributed by atoms with van der Waals surface area (Å²) in [5.74, 6) is 1.03. The standard InChI is InChI=1S/C12H14N2O2/c1-9(15)11-5-6-12(16-11)14(8-2-7-13)10-3-4-10/h5-6,10H,2-4,8H2,1H3. The number of carbonyl (C=O) groups is 1. The van der Waals surface area contributed by atoms with Crippen LogP contribution in [-0.2, 0) is 0 Å². The number of nitrogens with zero attached hydrogens (tertiary/aromatic N) is 2. The van der Waals surface area contributed by atoms with Crippen LogP contribution in [-0.4, -0.2) is 18.4 Å². The third-order valence-corrected chi connectivity index (χ3v) is 2.67. The van der Waals surface area contributed by atoms with Gasteiger partial charge in [0.1, 0.15) is 0 Å². The lowest BCUT2D eigenvalue weighted by atomic mass is 10.3. The Labute approximate surface area is 94.5 Å². The fourth-order valence-corrected chi connectivity index (χ4v) is 1.70. The van der Waals surface area contributed by atoms with E-state index in [0.29, 0.717) is 30.7 Å². The van der Waals surface area contributed by atoms with Crippen molar-refractivity contribution in [3.05, 3.63) is 17.9 Å². The van der Waals surface area contributed by atoms with Gasteiger partial charge in [-0.3, -0.25) is 4.79 Å². The van der Waals surface area contributed by atoms with Crippen LogP contribution in [0.15, 0.2) is 16.5 Å². The van der Waals surface area contributed by atoms with Crippen LogP contribution in [0.1, 0.15) is 36.7 Å². The van der Waals surface area contributed by atoms with Gasteiger partial charge in [0.25, 0.3) is 0 Å². The van der Waals surface area contributed by atoms with Gasteiger partial charge in [0.2, 0.25) is 0 Å². The molecule has 84 valence electrons. The molecule has 1 saturated carbocycles. The van der Waals surface area contributed by atoms with Gasteiger partial charge in [-0.25, -0.2) is 0 Å². The van der Waals surface area contributed by atoms with Crippen molar-refractivity contribution < 1.29 is 9.21 Å². The summed E-state index contributed by atoms with van der Waals surface area (Å²) in [4.78, 5) is 13.2. The van der Waals surface area contributed by atoms with Crippen LogP contribution in [0.2, 0.25) is 0 Å². The Morgan fingerprint density at radius 1 is 1.62 bits per heavy atom. The molecular weight excluding hydrogens is 204 g/mol. The van der Waals surface area contributed by atoms with Crippen molar-refractivity contribution in [3.63, 3.8) is 0 Å². The van der Waals surface area contributed by atoms with Crippen LogP contribution >= 0.6 is 0 Å². The highest BCUT2D eigenvalue weighted by atomic mass is 16.4. The van der Waals surface area contributed by atoms with Crippen LogP contribution in [0.5, 0.6) is 0 Å². The first-order valence-corrected chi connectivity index (χ1v) is 5.46. The van der Waals surface area contributed by atoms with Crippen molar-refractivity contribution in [2.45, 2.75) is 32.2 Å². The van der Waals surface area contributed by atoms with Crippen molar-refractivity contribution in [3.8, 4) is 6.07 Å². The molecule has 0 radical (unpaired) electrons. The summed E-state index contributed by atoms with van der Waals surface area (Å²) in [6.07, 6.45) is 2.76. The van der Waals surface area contributed by atoms with E-state index in [-0.39, 0.29) is 5.78 Å². The quantitative estimate of drug-likeness (QED) is 0.712. The molecule has 4 heteroatoms. The minimum atomic E-state index is -0.0673. The minimum Gasteiger partial charge on any atom is -0.437 e. The summed E-state index contributed by atoms with van der Waals surface area (Å²) < 4.78 is 5.47. The molecule has 0 bridgehead atoms. The average Bonchev–Trinajstić information content (AvgIpc) is 2.96. The van der Waals surface area contributed by atoms with Gasteiger partial charge in [-0.2, -0.15) is 5.26 Å². The third kappa shape index (κ3) is 2.25. The van der Waals surface area contributed by atoms with Crippen LogP contribution in [0.3, 0.4) is 0 Å². The Balaban J connectivity index is 2.12. The highest BCUT2D eigenvalue weighted by molar-refractivity contribution is 5.91. The molecule has 0 saturated heterocycles. The largest absolute Gasteiger partial charge is 0.437 e. The van der Waals surface area contributed by atoms with E-state index >= 15 is 0 Å². The second kappa shape index (κ2) is 4.40. The van der Waals surface area contributed by atoms with E-state index in [9.17, 15) is 4.79 Å². The predicted octanol–water partition coefficient (Wildman–Crippen LogP) is 2.36. The molecule has 0 aliphatic heterocycles. The smallest absolute Gasteiger partial charge is 0.196 e. The SMILES string of the molecule is CC(=O)c1ccc(N(CCC#N)C2CC2)o1. The highest BCUT2D eigenvalue weighted by Crippen LogP contribution is 2.32. The van der Waals surface area contributed by atoms with Gasteiger partial charge in [0.15, 0.2) is 17.4 Å². The number of hydrogen-bond donors (Lipinski definition) is 0. The second-order valence-electron chi connectivity index (χ2n) is 4.03. The Hall–Kier alpha value is -1.76. The van der Waals surface area contributed by atoms with E-state index in [0.717, 1.165) is 12.8 Å². The Bertz CT molecular complexity index is 426. The Morgan fingerprint density at radius 2 is 2.38 bits per heavy atom. The molecule has 0 aromatic carbocycles. The number of furan rings is 1. The third-order valence-electron chi connectivity index (χ3n) is 2.67. The summed E-state index contributed by atoms with van der Waals surface area (Å²) in [5.41, 5.74) is 0. The molecule has 1 aliphatic rings. The lowest BCUT2D eigenvalue weighted by Crippen LogP contribution is -2.26. The summed E-state index contributed by atoms with van der Waals surface area (Å²) in [6, 6.07) is 6.12. The van der Waals surface area contributed by atoms with Crippen LogP contribution in [0.25, 0.3) is 0 Å². The lowest BCUT2D eigenvalue weighted by Gasteiger charge is -2.19. The van der Waals surface area contributed by atoms with Crippen molar-refractivity contribution in [1.29, 1.82) is 5.26 Å². The van der Waals surface area contributed by atoms with Gasteiger partial charge >= 0.3 is 0 Å². The zero-order valence-electron chi connectivity index (χ0n) is 9.27. The second-order valence-corrected chi connectivity index (χ2v) is 4.03. The van der Waals surface area contributed by atoms with E-state index in [2.05, 4.69) is 11.0 Å². The van der Waals surface area contributed by atoms with E-state index < -0.39 is 0 Å². The molecule has 1 aromatic rings. The molecule has 0 unspecified atom stereocenters. The zero-order valence-corrected chi connectivity index (χ0v) is 9.27. The number of nitriles is 1. The van der Waals surface area contributed by atoms with Crippen molar-refractivity contribution in [2.75, 3.05) is 11.4 Å². The molecule has 0 atom stereocenters. The summed E-state index contributed by atoms with van der Waals surface area (Å²) in [5, 5.41) is 8.60. The topological polar surface area (TPSA) is 57.2 Å². The first kappa shape index (κ1) is 10.7. The zero-order chi connectivity index (χ0) is 11.5. The van der Waals surface area contributed by atoms with Gasteiger partial charge in [-0.05, 0) is 18.9 Å². The Kier molecular flexibility index (Phi) is 2.95.